The molecule has 1 fully saturated rings. The lowest BCUT2D eigenvalue weighted by Gasteiger charge is -2.36. The van der Waals surface area contributed by atoms with E-state index in [0.29, 0.717) is 5.52 Å². The lowest BCUT2D eigenvalue weighted by atomic mass is 10.1. The Morgan fingerprint density at radius 3 is 2.41 bits per heavy atom. The number of urea groups is 1. The maximum Gasteiger partial charge on any atom is 0.323 e. The highest BCUT2D eigenvalue weighted by Crippen LogP contribution is 2.29. The summed E-state index contributed by atoms with van der Waals surface area (Å²) in [7, 11) is 1.35. The number of aryl methyl sites for hydroxylation is 1. The molecule has 1 N–H and O–H groups in total. The van der Waals surface area contributed by atoms with Crippen LogP contribution in [-0.4, -0.2) is 54.2 Å². The third-order valence-electron chi connectivity index (χ3n) is 5.22. The van der Waals surface area contributed by atoms with E-state index in [2.05, 4.69) is 15.3 Å². The van der Waals surface area contributed by atoms with Gasteiger partial charge in [-0.05, 0) is 30.7 Å². The fraction of sp³-hybridized carbons (Fsp3) is 0.286. The largest absolute Gasteiger partial charge is 0.478 e. The Morgan fingerprint density at radius 1 is 1.00 bits per heavy atom. The van der Waals surface area contributed by atoms with E-state index >= 15 is 0 Å². The van der Waals surface area contributed by atoms with Crippen molar-refractivity contribution in [1.29, 1.82) is 0 Å². The maximum absolute atomic E-state index is 14.3. The third-order valence-corrected chi connectivity index (χ3v) is 5.22. The molecule has 0 unspecified atom stereocenters. The van der Waals surface area contributed by atoms with Gasteiger partial charge in [-0.1, -0.05) is 0 Å². The molecule has 1 aliphatic heterocycles. The molecule has 0 bridgehead atoms. The third kappa shape index (κ3) is 3.97. The van der Waals surface area contributed by atoms with Crippen LogP contribution in [0.1, 0.15) is 5.56 Å². The van der Waals surface area contributed by atoms with Gasteiger partial charge in [0.05, 0.1) is 23.8 Å². The molecule has 2 amide bonds. The molecule has 1 aromatic heterocycles. The normalized spacial score (nSPS) is 14.1. The van der Waals surface area contributed by atoms with Crippen LogP contribution in [0.5, 0.6) is 5.88 Å². The zero-order chi connectivity index (χ0) is 23.0. The van der Waals surface area contributed by atoms with Gasteiger partial charge in [0.1, 0.15) is 5.82 Å². The Bertz CT molecular complexity index is 1200. The number of nitrogens with zero attached hydrogens (tertiary/aromatic N) is 4. The summed E-state index contributed by atoms with van der Waals surface area (Å²) in [6.45, 7) is 2.35. The fourth-order valence-corrected chi connectivity index (χ4v) is 3.64. The highest BCUT2D eigenvalue weighted by molar-refractivity contribution is 5.91. The summed E-state index contributed by atoms with van der Waals surface area (Å²) in [4.78, 5) is 24.2. The van der Waals surface area contributed by atoms with Gasteiger partial charge in [0, 0.05) is 32.2 Å². The number of carbonyl (C=O) groups excluding carboxylic acids is 1. The van der Waals surface area contributed by atoms with Crippen LogP contribution in [0.3, 0.4) is 0 Å². The average Bonchev–Trinajstić information content (AvgIpc) is 2.77. The van der Waals surface area contributed by atoms with E-state index in [1.54, 1.807) is 4.90 Å². The second-order valence-electron chi connectivity index (χ2n) is 7.27. The molecule has 168 valence electrons. The lowest BCUT2D eigenvalue weighted by molar-refractivity contribution is 0.207. The van der Waals surface area contributed by atoms with Crippen LogP contribution in [0, 0.1) is 30.2 Å². The fourth-order valence-electron chi connectivity index (χ4n) is 3.64. The Balaban J connectivity index is 1.48. The number of rotatable bonds is 3. The van der Waals surface area contributed by atoms with Crippen molar-refractivity contribution in [2.45, 2.75) is 6.92 Å². The van der Waals surface area contributed by atoms with E-state index in [1.165, 1.54) is 37.1 Å². The first-order valence-corrected chi connectivity index (χ1v) is 9.74. The Labute approximate surface area is 180 Å². The highest BCUT2D eigenvalue weighted by atomic mass is 19.2. The first kappa shape index (κ1) is 21.6. The van der Waals surface area contributed by atoms with E-state index in [0.717, 1.165) is 6.07 Å². The number of piperazine rings is 1. The summed E-state index contributed by atoms with van der Waals surface area (Å²) < 4.78 is 60.0. The minimum Gasteiger partial charge on any atom is -0.478 e. The van der Waals surface area contributed by atoms with Gasteiger partial charge < -0.3 is 14.5 Å². The Morgan fingerprint density at radius 2 is 1.72 bits per heavy atom. The summed E-state index contributed by atoms with van der Waals surface area (Å²) in [5, 5.41) is 2.62. The first-order chi connectivity index (χ1) is 15.3. The number of amides is 2. The number of methoxy groups -OCH3 is 1. The van der Waals surface area contributed by atoms with Crippen LogP contribution in [0.15, 0.2) is 24.3 Å². The summed E-state index contributed by atoms with van der Waals surface area (Å²) >= 11 is 0. The zero-order valence-electron chi connectivity index (χ0n) is 17.3. The molecule has 2 heterocycles. The molecule has 4 rings (SSSR count). The summed E-state index contributed by atoms with van der Waals surface area (Å²) in [5.74, 6) is -4.39. The smallest absolute Gasteiger partial charge is 0.323 e. The van der Waals surface area contributed by atoms with Gasteiger partial charge in [-0.15, -0.1) is 0 Å². The summed E-state index contributed by atoms with van der Waals surface area (Å²) in [6.07, 6.45) is 0. The Kier molecular flexibility index (Phi) is 5.72. The van der Waals surface area contributed by atoms with E-state index in [4.69, 9.17) is 4.74 Å². The Hall–Kier alpha value is -3.63. The van der Waals surface area contributed by atoms with Crippen molar-refractivity contribution < 1.29 is 27.1 Å². The molecule has 0 atom stereocenters. The van der Waals surface area contributed by atoms with Gasteiger partial charge in [-0.3, -0.25) is 5.32 Å². The predicted molar refractivity (Wildman–Crippen MR) is 110 cm³/mol. The molecule has 0 saturated carbocycles. The second-order valence-corrected chi connectivity index (χ2v) is 7.27. The van der Waals surface area contributed by atoms with Crippen LogP contribution in [0.25, 0.3) is 11.0 Å². The number of fused-ring (bicyclic) bond motifs is 1. The van der Waals surface area contributed by atoms with Crippen molar-refractivity contribution in [3.8, 4) is 5.88 Å². The lowest BCUT2D eigenvalue weighted by Crippen LogP contribution is -2.50. The molecular formula is C21H19F4N5O2. The van der Waals surface area contributed by atoms with Crippen molar-refractivity contribution in [2.75, 3.05) is 43.5 Å². The van der Waals surface area contributed by atoms with Crippen molar-refractivity contribution in [2.24, 2.45) is 0 Å². The van der Waals surface area contributed by atoms with Gasteiger partial charge in [0.25, 0.3) is 5.88 Å². The predicted octanol–water partition coefficient (Wildman–Crippen LogP) is 3.86. The standard InChI is InChI=1S/C21H19F4N5O2/c1-11-9-13(23)16(24)17(25)18(11)29-5-7-30(8-6-29)21(31)28-19-20(32-2)27-15-10-12(22)3-4-14(15)26-19/h3-4,9-10H,5-8H2,1-2H3,(H,26,28,31). The number of aromatic nitrogens is 2. The van der Waals surface area contributed by atoms with Crippen LogP contribution < -0.4 is 15.0 Å². The van der Waals surface area contributed by atoms with E-state index in [9.17, 15) is 22.4 Å². The van der Waals surface area contributed by atoms with Crippen molar-refractivity contribution in [3.05, 3.63) is 53.1 Å². The monoisotopic (exact) mass is 449 g/mol. The maximum atomic E-state index is 14.3. The van der Waals surface area contributed by atoms with Crippen molar-refractivity contribution >= 4 is 28.6 Å². The second kappa shape index (κ2) is 8.48. The molecule has 0 spiro atoms. The van der Waals surface area contributed by atoms with Crippen molar-refractivity contribution in [3.63, 3.8) is 0 Å². The number of nitrogens with one attached hydrogen (secondary N) is 1. The van der Waals surface area contributed by atoms with Crippen LogP contribution in [-0.2, 0) is 0 Å². The molecule has 11 heteroatoms. The molecule has 7 nitrogen and oxygen atoms in total. The first-order valence-electron chi connectivity index (χ1n) is 9.74. The SMILES string of the molecule is COc1nc2cc(F)ccc2nc1NC(=O)N1CCN(c2c(C)cc(F)c(F)c2F)CC1. The molecule has 32 heavy (non-hydrogen) atoms. The van der Waals surface area contributed by atoms with E-state index in [-0.39, 0.29) is 54.6 Å². The van der Waals surface area contributed by atoms with Crippen LogP contribution in [0.4, 0.5) is 33.9 Å². The van der Waals surface area contributed by atoms with Gasteiger partial charge in [-0.25, -0.2) is 32.3 Å². The topological polar surface area (TPSA) is 70.6 Å². The number of benzene rings is 2. The molecule has 0 aliphatic carbocycles. The molecule has 1 aliphatic rings. The summed E-state index contributed by atoms with van der Waals surface area (Å²) in [6, 6.07) is 4.33. The number of carbonyl (C=O) groups is 1. The number of hydrogen-bond acceptors (Lipinski definition) is 5. The molecule has 1 saturated heterocycles. The molecule has 3 aromatic rings. The van der Waals surface area contributed by atoms with E-state index < -0.39 is 29.3 Å². The number of halogens is 4. The molecular weight excluding hydrogens is 430 g/mol. The number of anilines is 2. The van der Waals surface area contributed by atoms with Gasteiger partial charge >= 0.3 is 6.03 Å². The average molecular weight is 449 g/mol. The highest BCUT2D eigenvalue weighted by Gasteiger charge is 2.27. The number of ether oxygens (including phenoxy) is 1. The minimum absolute atomic E-state index is 0.0155. The van der Waals surface area contributed by atoms with Crippen LogP contribution >= 0.6 is 0 Å². The van der Waals surface area contributed by atoms with Gasteiger partial charge in [0.2, 0.25) is 0 Å². The molecule has 0 radical (unpaired) electrons. The number of hydrogen-bond donors (Lipinski definition) is 1. The van der Waals surface area contributed by atoms with Gasteiger partial charge in [0.15, 0.2) is 23.3 Å². The quantitative estimate of drug-likeness (QED) is 0.486. The zero-order valence-corrected chi connectivity index (χ0v) is 17.3. The van der Waals surface area contributed by atoms with E-state index in [1.807, 2.05) is 0 Å². The van der Waals surface area contributed by atoms with Gasteiger partial charge in [-0.2, -0.15) is 0 Å². The van der Waals surface area contributed by atoms with Crippen LogP contribution in [0.2, 0.25) is 0 Å². The molecule has 2 aromatic carbocycles. The van der Waals surface area contributed by atoms with Crippen molar-refractivity contribution in [1.82, 2.24) is 14.9 Å². The minimum atomic E-state index is -1.52. The summed E-state index contributed by atoms with van der Waals surface area (Å²) in [5.41, 5.74) is 0.902.